The van der Waals surface area contributed by atoms with Gasteiger partial charge in [-0.1, -0.05) is 31.9 Å². The third kappa shape index (κ3) is 4.07. The molecule has 2 atom stereocenters. The average Bonchev–Trinajstić information content (AvgIpc) is 2.61. The third-order valence-corrected chi connectivity index (χ3v) is 4.63. The van der Waals surface area contributed by atoms with Crippen LogP contribution in [0.4, 0.5) is 0 Å². The Labute approximate surface area is 145 Å². The Bertz CT molecular complexity index is 841. The van der Waals surface area contributed by atoms with Crippen LogP contribution in [0.1, 0.15) is 43.2 Å². The van der Waals surface area contributed by atoms with Gasteiger partial charge in [0, 0.05) is 12.1 Å². The Hall–Kier alpha value is -2.63. The van der Waals surface area contributed by atoms with Crippen molar-refractivity contribution in [2.75, 3.05) is 6.61 Å². The molecule has 1 aliphatic carbocycles. The van der Waals surface area contributed by atoms with Crippen LogP contribution in [0.25, 0.3) is 11.0 Å². The molecular weight excluding hydrogens is 322 g/mol. The molecule has 1 saturated carbocycles. The number of para-hydroxylation sites is 1. The number of carbonyl (C=O) groups excluding carboxylic acids is 2. The number of benzene rings is 1. The van der Waals surface area contributed by atoms with E-state index in [1.54, 1.807) is 24.3 Å². The molecule has 1 aliphatic rings. The number of hydrogen-bond acceptors (Lipinski definition) is 5. The van der Waals surface area contributed by atoms with Gasteiger partial charge in [-0.15, -0.1) is 0 Å². The Morgan fingerprint density at radius 3 is 2.80 bits per heavy atom. The van der Waals surface area contributed by atoms with E-state index in [9.17, 15) is 14.4 Å². The zero-order valence-corrected chi connectivity index (χ0v) is 14.1. The van der Waals surface area contributed by atoms with Gasteiger partial charge in [0.15, 0.2) is 12.0 Å². The number of hydrogen-bond donors (Lipinski definition) is 1. The van der Waals surface area contributed by atoms with E-state index in [2.05, 4.69) is 12.2 Å². The van der Waals surface area contributed by atoms with E-state index in [0.29, 0.717) is 16.9 Å². The molecule has 6 heteroatoms. The molecule has 0 unspecified atom stereocenters. The number of amides is 1. The first kappa shape index (κ1) is 17.2. The summed E-state index contributed by atoms with van der Waals surface area (Å²) < 4.78 is 10.4. The third-order valence-electron chi connectivity index (χ3n) is 4.63. The molecule has 0 bridgehead atoms. The van der Waals surface area contributed by atoms with Crippen molar-refractivity contribution in [1.29, 1.82) is 0 Å². The molecule has 2 aromatic rings. The maximum Gasteiger partial charge on any atom is 0.374 e. The summed E-state index contributed by atoms with van der Waals surface area (Å²) in [5.41, 5.74) is -0.0169. The fraction of sp³-hybridized carbons (Fsp3) is 0.421. The predicted molar refractivity (Wildman–Crippen MR) is 92.3 cm³/mol. The summed E-state index contributed by atoms with van der Waals surface area (Å²) in [5, 5.41) is 3.30. The second-order valence-electron chi connectivity index (χ2n) is 6.48. The van der Waals surface area contributed by atoms with Gasteiger partial charge in [0.1, 0.15) is 5.58 Å². The quantitative estimate of drug-likeness (QED) is 0.863. The molecule has 0 spiro atoms. The molecule has 1 amide bonds. The van der Waals surface area contributed by atoms with Gasteiger partial charge in [0.25, 0.3) is 5.91 Å². The van der Waals surface area contributed by atoms with Crippen molar-refractivity contribution in [1.82, 2.24) is 5.32 Å². The molecule has 1 aromatic heterocycles. The van der Waals surface area contributed by atoms with Gasteiger partial charge in [0.05, 0.1) is 5.39 Å². The van der Waals surface area contributed by atoms with Crippen LogP contribution in [0.15, 0.2) is 39.5 Å². The lowest BCUT2D eigenvalue weighted by Gasteiger charge is -2.29. The fourth-order valence-corrected chi connectivity index (χ4v) is 3.19. The summed E-state index contributed by atoms with van der Waals surface area (Å²) in [7, 11) is 0. The van der Waals surface area contributed by atoms with E-state index in [0.717, 1.165) is 25.3 Å². The van der Waals surface area contributed by atoms with Crippen LogP contribution in [-0.4, -0.2) is 24.5 Å². The van der Waals surface area contributed by atoms with Crippen LogP contribution in [0.2, 0.25) is 0 Å². The van der Waals surface area contributed by atoms with Crippen LogP contribution in [0.5, 0.6) is 0 Å². The number of fused-ring (bicyclic) bond motifs is 1. The van der Waals surface area contributed by atoms with Crippen molar-refractivity contribution in [2.24, 2.45) is 5.92 Å². The van der Waals surface area contributed by atoms with Crippen molar-refractivity contribution in [3.8, 4) is 0 Å². The van der Waals surface area contributed by atoms with Crippen LogP contribution in [0.3, 0.4) is 0 Å². The highest BCUT2D eigenvalue weighted by Crippen LogP contribution is 2.23. The first-order valence-electron chi connectivity index (χ1n) is 8.54. The maximum atomic E-state index is 12.1. The lowest BCUT2D eigenvalue weighted by Crippen LogP contribution is -2.42. The minimum atomic E-state index is -0.824. The van der Waals surface area contributed by atoms with E-state index in [1.165, 1.54) is 6.42 Å². The minimum absolute atomic E-state index is 0.124. The zero-order valence-electron chi connectivity index (χ0n) is 14.1. The summed E-state index contributed by atoms with van der Waals surface area (Å²) >= 11 is 0. The maximum absolute atomic E-state index is 12.1. The largest absolute Gasteiger partial charge is 0.450 e. The first-order valence-corrected chi connectivity index (χ1v) is 8.54. The first-order chi connectivity index (χ1) is 12.0. The highest BCUT2D eigenvalue weighted by Gasteiger charge is 2.23. The van der Waals surface area contributed by atoms with Crippen molar-refractivity contribution in [2.45, 2.75) is 38.6 Å². The van der Waals surface area contributed by atoms with E-state index >= 15 is 0 Å². The molecule has 1 N–H and O–H groups in total. The van der Waals surface area contributed by atoms with Crippen LogP contribution >= 0.6 is 0 Å². The monoisotopic (exact) mass is 343 g/mol. The van der Waals surface area contributed by atoms with E-state index in [4.69, 9.17) is 9.15 Å². The zero-order chi connectivity index (χ0) is 17.8. The smallest absolute Gasteiger partial charge is 0.374 e. The van der Waals surface area contributed by atoms with Gasteiger partial charge in [-0.2, -0.15) is 0 Å². The number of esters is 1. The predicted octanol–water partition coefficient (Wildman–Crippen LogP) is 2.64. The van der Waals surface area contributed by atoms with Crippen molar-refractivity contribution < 1.29 is 18.7 Å². The fourth-order valence-electron chi connectivity index (χ4n) is 3.19. The van der Waals surface area contributed by atoms with Crippen LogP contribution in [0, 0.1) is 5.92 Å². The summed E-state index contributed by atoms with van der Waals surface area (Å²) in [4.78, 5) is 36.1. The van der Waals surface area contributed by atoms with E-state index < -0.39 is 12.6 Å². The van der Waals surface area contributed by atoms with Crippen molar-refractivity contribution >= 4 is 22.8 Å². The van der Waals surface area contributed by atoms with Gasteiger partial charge in [-0.25, -0.2) is 4.79 Å². The number of ether oxygens (including phenoxy) is 1. The second kappa shape index (κ2) is 7.51. The molecule has 0 saturated heterocycles. The highest BCUT2D eigenvalue weighted by atomic mass is 16.5. The number of rotatable bonds is 4. The molecule has 6 nitrogen and oxygen atoms in total. The van der Waals surface area contributed by atoms with Crippen LogP contribution in [-0.2, 0) is 9.53 Å². The van der Waals surface area contributed by atoms with Gasteiger partial charge >= 0.3 is 5.97 Å². The van der Waals surface area contributed by atoms with Gasteiger partial charge in [-0.3, -0.25) is 9.59 Å². The standard InChI is InChI=1S/C19H21NO5/c1-12-6-2-4-8-14(12)20-18(22)11-24-19(23)17-10-15(21)13-7-3-5-9-16(13)25-17/h3,5,7,9-10,12,14H,2,4,6,8,11H2,1H3,(H,20,22)/t12-,14-/m1/s1. The van der Waals surface area contributed by atoms with E-state index in [1.807, 2.05) is 0 Å². The Morgan fingerprint density at radius 1 is 1.24 bits per heavy atom. The molecule has 0 aliphatic heterocycles. The molecule has 25 heavy (non-hydrogen) atoms. The molecule has 0 radical (unpaired) electrons. The number of nitrogens with one attached hydrogen (secondary N) is 1. The van der Waals surface area contributed by atoms with Gasteiger partial charge in [-0.05, 0) is 30.9 Å². The minimum Gasteiger partial charge on any atom is -0.450 e. The lowest BCUT2D eigenvalue weighted by molar-refractivity contribution is -0.125. The summed E-state index contributed by atoms with van der Waals surface area (Å²) in [6.45, 7) is 1.72. The molecule has 1 heterocycles. The number of carbonyl (C=O) groups is 2. The molecule has 1 fully saturated rings. The summed E-state index contributed by atoms with van der Waals surface area (Å²) in [6, 6.07) is 7.86. The highest BCUT2D eigenvalue weighted by molar-refractivity contribution is 5.90. The molecule has 1 aromatic carbocycles. The summed E-state index contributed by atoms with van der Waals surface area (Å²) in [5.74, 6) is -0.945. The normalized spacial score (nSPS) is 20.2. The molecule has 3 rings (SSSR count). The summed E-state index contributed by atoms with van der Waals surface area (Å²) in [6.07, 6.45) is 4.31. The Kier molecular flexibility index (Phi) is 5.16. The topological polar surface area (TPSA) is 85.6 Å². The van der Waals surface area contributed by atoms with Gasteiger partial charge < -0.3 is 14.5 Å². The van der Waals surface area contributed by atoms with E-state index in [-0.39, 0.29) is 23.1 Å². The van der Waals surface area contributed by atoms with Crippen molar-refractivity contribution in [3.63, 3.8) is 0 Å². The average molecular weight is 343 g/mol. The SMILES string of the molecule is C[C@@H]1CCCC[C@H]1NC(=O)COC(=O)c1cc(=O)c2ccccc2o1. The van der Waals surface area contributed by atoms with Crippen molar-refractivity contribution in [3.05, 3.63) is 46.3 Å². The Morgan fingerprint density at radius 2 is 2.00 bits per heavy atom. The van der Waals surface area contributed by atoms with Gasteiger partial charge in [0.2, 0.25) is 5.76 Å². The molecule has 132 valence electrons. The Balaban J connectivity index is 1.60. The lowest BCUT2D eigenvalue weighted by atomic mass is 9.86. The molecular formula is C19H21NO5. The second-order valence-corrected chi connectivity index (χ2v) is 6.48. The van der Waals surface area contributed by atoms with Crippen LogP contribution < -0.4 is 10.7 Å².